The summed E-state index contributed by atoms with van der Waals surface area (Å²) in [5.41, 5.74) is 20.9. The largest absolute Gasteiger partial charge is 0.870 e. The Balaban J connectivity index is 0. The Bertz CT molecular complexity index is 4490. The molecule has 2 aliphatic carbocycles. The van der Waals surface area contributed by atoms with E-state index in [1.54, 1.807) is 12.2 Å². The van der Waals surface area contributed by atoms with Crippen molar-refractivity contribution in [3.63, 3.8) is 0 Å². The third-order valence-electron chi connectivity index (χ3n) is 13.8. The number of nitrogens with one attached hydrogen (secondary N) is 4. The van der Waals surface area contributed by atoms with Gasteiger partial charge in [0, 0.05) is 110 Å². The van der Waals surface area contributed by atoms with Crippen LogP contribution >= 0.6 is 0 Å². The number of aliphatic imine (C=N–C) groups is 1. The monoisotopic (exact) mass is 1360 g/mol. The number of fused-ring (bicyclic) bond motifs is 6. The minimum absolute atomic E-state index is 0. The summed E-state index contributed by atoms with van der Waals surface area (Å²) in [4.78, 5) is 22.9. The van der Waals surface area contributed by atoms with Gasteiger partial charge in [-0.1, -0.05) is 72.8 Å². The molecule has 10 aromatic rings. The Morgan fingerprint density at radius 3 is 1.48 bits per heavy atom. The molecule has 26 heteroatoms. The molecule has 0 unspecified atom stereocenters. The van der Waals surface area contributed by atoms with Crippen LogP contribution in [0.25, 0.3) is 55.9 Å². The van der Waals surface area contributed by atoms with Crippen LogP contribution in [-0.4, -0.2) is 91.7 Å². The number of nitrogens with zero attached hydrogens (tertiary/aromatic N) is 7. The van der Waals surface area contributed by atoms with Crippen molar-refractivity contribution < 1.29 is 122 Å². The minimum Gasteiger partial charge on any atom is -0.870 e. The molecule has 92 heavy (non-hydrogen) atoms. The predicted octanol–water partition coefficient (Wildman–Crippen LogP) is 8.26. The number of allylic oxidation sites excluding steroid dienone is 4. The number of anilines is 9. The van der Waals surface area contributed by atoms with Crippen molar-refractivity contribution in [1.82, 2.24) is 14.5 Å². The zero-order chi connectivity index (χ0) is 51.2. The van der Waals surface area contributed by atoms with Crippen molar-refractivity contribution in [3.8, 4) is 22.8 Å². The maximum atomic E-state index is 7.92. The van der Waals surface area contributed by atoms with Gasteiger partial charge in [0.25, 0.3) is 0 Å². The van der Waals surface area contributed by atoms with E-state index < -0.39 is 0 Å². The molecular formula is C66H66Cr3N11O12-3. The fraction of sp³-hybridized carbons (Fsp3) is 0. The minimum atomic E-state index is 0. The smallest absolute Gasteiger partial charge is 0.239 e. The quantitative estimate of drug-likeness (QED) is 0.0608. The Morgan fingerprint density at radius 1 is 0.413 bits per heavy atom. The van der Waals surface area contributed by atoms with Crippen molar-refractivity contribution in [2.75, 3.05) is 20.9 Å². The van der Waals surface area contributed by atoms with E-state index >= 15 is 0 Å². The summed E-state index contributed by atoms with van der Waals surface area (Å²) < 4.78 is 4.51. The molecular weight excluding hydrogens is 1290 g/mol. The topological polar surface area (TPSA) is 494 Å². The van der Waals surface area contributed by atoms with Gasteiger partial charge in [-0.05, 0) is 158 Å². The molecule has 0 amide bonds. The van der Waals surface area contributed by atoms with Gasteiger partial charge in [0.15, 0.2) is 0 Å². The van der Waals surface area contributed by atoms with Crippen molar-refractivity contribution in [2.45, 2.75) is 0 Å². The number of para-hydroxylation sites is 4. The molecule has 478 valence electrons. The summed E-state index contributed by atoms with van der Waals surface area (Å²) in [6.45, 7) is 0. The molecule has 0 spiro atoms. The van der Waals surface area contributed by atoms with E-state index in [2.05, 4.69) is 188 Å². The molecule has 3 heterocycles. The second-order valence-corrected chi connectivity index (χ2v) is 18.9. The van der Waals surface area contributed by atoms with E-state index in [9.17, 15) is 0 Å². The van der Waals surface area contributed by atoms with Crippen LogP contribution in [0.4, 0.5) is 62.6 Å². The molecule has 23 nitrogen and oxygen atoms in total. The van der Waals surface area contributed by atoms with Crippen molar-refractivity contribution in [1.29, 1.82) is 5.41 Å². The second kappa shape index (κ2) is 36.3. The van der Waals surface area contributed by atoms with Crippen molar-refractivity contribution >= 4 is 107 Å². The first-order chi connectivity index (χ1) is 38.0. The molecule has 14 rings (SSSR count). The second-order valence-electron chi connectivity index (χ2n) is 18.9. The zero-order valence-corrected chi connectivity index (χ0v) is 52.2. The summed E-state index contributed by atoms with van der Waals surface area (Å²) >= 11 is 0. The van der Waals surface area contributed by atoms with Crippen molar-refractivity contribution in [2.24, 2.45) is 9.98 Å². The number of benzene rings is 10. The van der Waals surface area contributed by atoms with Crippen LogP contribution in [0, 0.1) is 5.41 Å². The van der Waals surface area contributed by atoms with Crippen molar-refractivity contribution in [3.05, 3.63) is 260 Å². The van der Waals surface area contributed by atoms with E-state index in [4.69, 9.17) is 25.4 Å². The van der Waals surface area contributed by atoms with Crippen LogP contribution in [0.1, 0.15) is 0 Å². The van der Waals surface area contributed by atoms with Gasteiger partial charge in [-0.2, -0.15) is 0 Å². The molecule has 2 aliphatic heterocycles. The van der Waals surface area contributed by atoms with Crippen LogP contribution < -0.4 is 30.8 Å². The summed E-state index contributed by atoms with van der Waals surface area (Å²) in [5.74, 6) is 0. The molecule has 0 bridgehead atoms. The third-order valence-corrected chi connectivity index (χ3v) is 13.8. The predicted molar refractivity (Wildman–Crippen MR) is 351 cm³/mol. The fourth-order valence-electron chi connectivity index (χ4n) is 10.3. The van der Waals surface area contributed by atoms with Gasteiger partial charge in [-0.15, -0.1) is 4.57 Å². The molecule has 0 atom stereocenters. The number of aromatic nitrogens is 4. The molecule has 9 aromatic carbocycles. The Labute approximate surface area is 559 Å². The Morgan fingerprint density at radius 2 is 0.891 bits per heavy atom. The van der Waals surface area contributed by atoms with Gasteiger partial charge in [0.05, 0.1) is 73.3 Å². The van der Waals surface area contributed by atoms with Gasteiger partial charge in [-0.3, -0.25) is 0 Å². The average Bonchev–Trinajstić information content (AvgIpc) is 0.774. The van der Waals surface area contributed by atoms with Gasteiger partial charge >= 0.3 is 0 Å². The summed E-state index contributed by atoms with van der Waals surface area (Å²) in [7, 11) is 0. The van der Waals surface area contributed by atoms with E-state index in [0.717, 1.165) is 129 Å². The number of hydrogen-bond donors (Lipinski definition) is 4. The van der Waals surface area contributed by atoms with Crippen LogP contribution in [-0.2, 0) is 52.1 Å². The molecule has 24 N–H and O–H groups in total. The van der Waals surface area contributed by atoms with Crippen LogP contribution in [0.15, 0.2) is 265 Å². The summed E-state index contributed by atoms with van der Waals surface area (Å²) in [6.07, 6.45) is 7.23. The van der Waals surface area contributed by atoms with E-state index in [1.165, 1.54) is 0 Å². The molecule has 0 saturated heterocycles. The normalized spacial score (nSPS) is 10.9. The van der Waals surface area contributed by atoms with Crippen LogP contribution in [0.3, 0.4) is 0 Å². The number of rotatable bonds is 9. The Hall–Kier alpha value is -9.66. The molecule has 0 radical (unpaired) electrons. The van der Waals surface area contributed by atoms with E-state index in [0.29, 0.717) is 5.71 Å². The summed E-state index contributed by atoms with van der Waals surface area (Å²) in [6, 6.07) is 79.2. The number of hydrogen-bond acceptors (Lipinski definition) is 13. The SMILES string of the molecule is N=C1C=CC(=Nc2ccc3nc4ccc(=Nc5ccc6nc7ccc(Nc8ccc9c(c8)N(c8ccccc8)c8cc(Nc%10ccccc%10)ccc8N9)cc7[n+](-c7ccccc7)c6c5)cc-4n(-c4ccccc4)c3c2)C=C1.O.O.O.O.O.O.O.O.[Cr].[Cr].[Cr].[OH-].[OH-].[OH-].[OH-]. The molecule has 4 aliphatic rings. The third kappa shape index (κ3) is 16.6. The van der Waals surface area contributed by atoms with Gasteiger partial charge in [-0.25, -0.2) is 20.0 Å². The summed E-state index contributed by atoms with van der Waals surface area (Å²) in [5, 5.41) is 19.8. The maximum Gasteiger partial charge on any atom is 0.239 e. The van der Waals surface area contributed by atoms with Crippen LogP contribution in [0.5, 0.6) is 0 Å². The standard InChI is InChI=1S/C66H45N11.3Cr.12H2O/c67-43-21-23-45(24-22-43)69-47-26-32-56-62(38-47)76(53-17-9-3-10-18-53)64-40-49(28-34-58(64)73-56)71-51-30-36-60-66(42-51)77(54-19-11-4-12-20-54)65-41-50(29-35-59(65)74-60)70-48-27-33-57-63(39-48)75(52-15-7-2-8-16-52)61-37-46(25-31-55(61)72-57)68-44-13-5-1-6-14-44;;;;;;;;;;;;;;;/h1-42H,(H3,67,68,69,70,71,72,73,74);;;;12*1H2/p-3. The van der Waals surface area contributed by atoms with Gasteiger partial charge in [0.2, 0.25) is 16.7 Å². The van der Waals surface area contributed by atoms with Crippen LogP contribution in [0.2, 0.25) is 0 Å². The maximum absolute atomic E-state index is 7.92. The first-order valence-electron chi connectivity index (χ1n) is 25.4. The zero-order valence-electron chi connectivity index (χ0n) is 48.4. The van der Waals surface area contributed by atoms with E-state index in [-0.39, 0.29) is 118 Å². The molecule has 0 fully saturated rings. The fourth-order valence-corrected chi connectivity index (χ4v) is 10.3. The molecule has 1 aromatic heterocycles. The first-order valence-corrected chi connectivity index (χ1v) is 25.4. The van der Waals surface area contributed by atoms with E-state index in [1.807, 2.05) is 84.9 Å². The first kappa shape index (κ1) is 84.4. The van der Waals surface area contributed by atoms with Gasteiger partial charge in [0.1, 0.15) is 11.0 Å². The molecule has 0 saturated carbocycles. The van der Waals surface area contributed by atoms with Gasteiger partial charge < -0.3 is 96.5 Å². The Kier molecular flexibility index (Phi) is 33.3. The average molecular weight is 1360 g/mol.